The lowest BCUT2D eigenvalue weighted by atomic mass is 10.0. The number of hydrogen-bond acceptors (Lipinski definition) is 2. The molecule has 76 valence electrons. The molecular formula is C11H22N2. The van der Waals surface area contributed by atoms with E-state index in [1.807, 2.05) is 0 Å². The summed E-state index contributed by atoms with van der Waals surface area (Å²) in [5.41, 5.74) is 0. The largest absolute Gasteiger partial charge is 0.311 e. The lowest BCUT2D eigenvalue weighted by molar-refractivity contribution is 0.126. The molecule has 2 atom stereocenters. The number of rotatable bonds is 3. The van der Waals surface area contributed by atoms with Crippen molar-refractivity contribution in [2.45, 2.75) is 45.2 Å². The minimum atomic E-state index is 0.792. The van der Waals surface area contributed by atoms with Crippen molar-refractivity contribution >= 4 is 0 Å². The molecule has 1 aliphatic carbocycles. The van der Waals surface area contributed by atoms with Crippen LogP contribution in [-0.2, 0) is 0 Å². The molecule has 2 rings (SSSR count). The van der Waals surface area contributed by atoms with E-state index in [0.717, 1.165) is 18.0 Å². The second-order valence-electron chi connectivity index (χ2n) is 4.50. The van der Waals surface area contributed by atoms with Gasteiger partial charge in [-0.25, -0.2) is 0 Å². The predicted octanol–water partition coefficient (Wildman–Crippen LogP) is 1.47. The topological polar surface area (TPSA) is 15.3 Å². The van der Waals surface area contributed by atoms with E-state index in [1.54, 1.807) is 0 Å². The Morgan fingerprint density at radius 3 is 2.62 bits per heavy atom. The quantitative estimate of drug-likeness (QED) is 0.711. The summed E-state index contributed by atoms with van der Waals surface area (Å²) in [5, 5.41) is 3.70. The summed E-state index contributed by atoms with van der Waals surface area (Å²) >= 11 is 0. The van der Waals surface area contributed by atoms with E-state index in [0.29, 0.717) is 0 Å². The summed E-state index contributed by atoms with van der Waals surface area (Å²) < 4.78 is 0. The second kappa shape index (κ2) is 3.97. The molecule has 0 bridgehead atoms. The first-order valence-corrected chi connectivity index (χ1v) is 5.82. The molecule has 2 unspecified atom stereocenters. The van der Waals surface area contributed by atoms with E-state index in [9.17, 15) is 0 Å². The number of likely N-dealkylation sites (N-methyl/N-ethyl adjacent to an activating group) is 1. The molecule has 1 heterocycles. The van der Waals surface area contributed by atoms with Crippen LogP contribution in [0.3, 0.4) is 0 Å². The number of nitrogens with one attached hydrogen (secondary N) is 1. The average molecular weight is 182 g/mol. The molecule has 2 heteroatoms. The molecule has 0 aromatic rings. The van der Waals surface area contributed by atoms with Crippen LogP contribution in [0.1, 0.15) is 33.1 Å². The monoisotopic (exact) mass is 182 g/mol. The maximum absolute atomic E-state index is 3.70. The Hall–Kier alpha value is -0.0800. The van der Waals surface area contributed by atoms with E-state index in [2.05, 4.69) is 24.1 Å². The fourth-order valence-corrected chi connectivity index (χ4v) is 2.49. The molecule has 0 aromatic carbocycles. The summed E-state index contributed by atoms with van der Waals surface area (Å²) in [6.45, 7) is 8.32. The zero-order valence-corrected chi connectivity index (χ0v) is 8.92. The van der Waals surface area contributed by atoms with Gasteiger partial charge in [-0.3, -0.25) is 4.90 Å². The third-order valence-electron chi connectivity index (χ3n) is 3.63. The molecule has 0 amide bonds. The Kier molecular flexibility index (Phi) is 2.89. The standard InChI is InChI=1S/C11H22N2/c1-3-10-7-12-11(9-5-6-9)8-13(10)4-2/h9-12H,3-8H2,1-2H3. The molecule has 0 spiro atoms. The maximum Gasteiger partial charge on any atom is 0.0224 e. The van der Waals surface area contributed by atoms with Crippen molar-refractivity contribution in [1.29, 1.82) is 0 Å². The van der Waals surface area contributed by atoms with Gasteiger partial charge in [0.25, 0.3) is 0 Å². The van der Waals surface area contributed by atoms with Crippen molar-refractivity contribution in [2.24, 2.45) is 5.92 Å². The summed E-state index contributed by atoms with van der Waals surface area (Å²) in [6, 6.07) is 1.60. The Labute approximate surface area is 81.7 Å². The van der Waals surface area contributed by atoms with Crippen LogP contribution in [0.5, 0.6) is 0 Å². The van der Waals surface area contributed by atoms with Crippen LogP contribution in [0.15, 0.2) is 0 Å². The Morgan fingerprint density at radius 1 is 1.31 bits per heavy atom. The average Bonchev–Trinajstić information content (AvgIpc) is 3.00. The van der Waals surface area contributed by atoms with E-state index in [1.165, 1.54) is 38.9 Å². The number of hydrogen-bond donors (Lipinski definition) is 1. The van der Waals surface area contributed by atoms with Crippen molar-refractivity contribution in [1.82, 2.24) is 10.2 Å². The van der Waals surface area contributed by atoms with Gasteiger partial charge in [0.2, 0.25) is 0 Å². The zero-order chi connectivity index (χ0) is 9.26. The summed E-state index contributed by atoms with van der Waals surface area (Å²) in [4.78, 5) is 2.65. The Bertz CT molecular complexity index is 165. The summed E-state index contributed by atoms with van der Waals surface area (Å²) in [6.07, 6.45) is 4.22. The van der Waals surface area contributed by atoms with Crippen LogP contribution in [0.25, 0.3) is 0 Å². The SMILES string of the molecule is CCC1CNC(C2CC2)CN1CC. The molecule has 1 N–H and O–H groups in total. The van der Waals surface area contributed by atoms with Crippen LogP contribution in [0.4, 0.5) is 0 Å². The van der Waals surface area contributed by atoms with Crippen LogP contribution >= 0.6 is 0 Å². The smallest absolute Gasteiger partial charge is 0.0224 e. The normalized spacial score (nSPS) is 36.5. The van der Waals surface area contributed by atoms with Gasteiger partial charge in [-0.1, -0.05) is 13.8 Å². The third kappa shape index (κ3) is 2.05. The van der Waals surface area contributed by atoms with Crippen LogP contribution < -0.4 is 5.32 Å². The molecule has 1 aliphatic heterocycles. The fourth-order valence-electron chi connectivity index (χ4n) is 2.49. The fraction of sp³-hybridized carbons (Fsp3) is 1.00. The van der Waals surface area contributed by atoms with Crippen molar-refractivity contribution in [2.75, 3.05) is 19.6 Å². The first kappa shape index (κ1) is 9.47. The first-order valence-electron chi connectivity index (χ1n) is 5.82. The van der Waals surface area contributed by atoms with Gasteiger partial charge in [-0.05, 0) is 31.7 Å². The highest BCUT2D eigenvalue weighted by Gasteiger charge is 2.35. The van der Waals surface area contributed by atoms with Gasteiger partial charge in [0.15, 0.2) is 0 Å². The van der Waals surface area contributed by atoms with Gasteiger partial charge in [0.1, 0.15) is 0 Å². The summed E-state index contributed by atoms with van der Waals surface area (Å²) in [5.74, 6) is 1.01. The highest BCUT2D eigenvalue weighted by molar-refractivity contribution is 4.93. The van der Waals surface area contributed by atoms with Gasteiger partial charge in [0, 0.05) is 25.2 Å². The van der Waals surface area contributed by atoms with E-state index >= 15 is 0 Å². The number of piperazine rings is 1. The molecule has 2 aliphatic rings. The molecule has 2 fully saturated rings. The third-order valence-corrected chi connectivity index (χ3v) is 3.63. The predicted molar refractivity (Wildman–Crippen MR) is 55.8 cm³/mol. The van der Waals surface area contributed by atoms with Gasteiger partial charge in [0.05, 0.1) is 0 Å². The van der Waals surface area contributed by atoms with Gasteiger partial charge in [-0.15, -0.1) is 0 Å². The van der Waals surface area contributed by atoms with Crippen molar-refractivity contribution in [3.8, 4) is 0 Å². The molecule has 0 radical (unpaired) electrons. The van der Waals surface area contributed by atoms with Crippen LogP contribution in [0.2, 0.25) is 0 Å². The molecule has 2 nitrogen and oxygen atoms in total. The van der Waals surface area contributed by atoms with Gasteiger partial charge >= 0.3 is 0 Å². The highest BCUT2D eigenvalue weighted by Crippen LogP contribution is 2.34. The zero-order valence-electron chi connectivity index (χ0n) is 8.92. The number of nitrogens with zero attached hydrogens (tertiary/aromatic N) is 1. The van der Waals surface area contributed by atoms with E-state index in [-0.39, 0.29) is 0 Å². The Morgan fingerprint density at radius 2 is 2.08 bits per heavy atom. The van der Waals surface area contributed by atoms with Crippen molar-refractivity contribution in [3.63, 3.8) is 0 Å². The Balaban J connectivity index is 1.88. The van der Waals surface area contributed by atoms with Gasteiger partial charge in [-0.2, -0.15) is 0 Å². The minimum absolute atomic E-state index is 0.792. The lowest BCUT2D eigenvalue weighted by Gasteiger charge is -2.39. The van der Waals surface area contributed by atoms with Gasteiger partial charge < -0.3 is 5.32 Å². The second-order valence-corrected chi connectivity index (χ2v) is 4.50. The summed E-state index contributed by atoms with van der Waals surface area (Å²) in [7, 11) is 0. The van der Waals surface area contributed by atoms with E-state index in [4.69, 9.17) is 0 Å². The van der Waals surface area contributed by atoms with Crippen molar-refractivity contribution < 1.29 is 0 Å². The van der Waals surface area contributed by atoms with E-state index < -0.39 is 0 Å². The molecule has 0 aromatic heterocycles. The molecular weight excluding hydrogens is 160 g/mol. The van der Waals surface area contributed by atoms with Crippen molar-refractivity contribution in [3.05, 3.63) is 0 Å². The first-order chi connectivity index (χ1) is 6.35. The molecule has 1 saturated carbocycles. The minimum Gasteiger partial charge on any atom is -0.311 e. The lowest BCUT2D eigenvalue weighted by Crippen LogP contribution is -2.56. The highest BCUT2D eigenvalue weighted by atomic mass is 15.2. The van der Waals surface area contributed by atoms with Crippen LogP contribution in [-0.4, -0.2) is 36.6 Å². The molecule has 13 heavy (non-hydrogen) atoms. The van der Waals surface area contributed by atoms with Crippen LogP contribution in [0, 0.1) is 5.92 Å². The maximum atomic E-state index is 3.70. The molecule has 1 saturated heterocycles.